The maximum Gasteiger partial charge on any atom is 0.0220 e. The number of hydrogen-bond acceptors (Lipinski definition) is 2. The lowest BCUT2D eigenvalue weighted by atomic mass is 9.93. The van der Waals surface area contributed by atoms with Gasteiger partial charge >= 0.3 is 0 Å². The first kappa shape index (κ1) is 14.0. The van der Waals surface area contributed by atoms with Gasteiger partial charge in [0.2, 0.25) is 0 Å². The van der Waals surface area contributed by atoms with Crippen molar-refractivity contribution < 1.29 is 0 Å². The predicted molar refractivity (Wildman–Crippen MR) is 71.8 cm³/mol. The van der Waals surface area contributed by atoms with Gasteiger partial charge in [-0.05, 0) is 37.8 Å². The third kappa shape index (κ3) is 4.42. The van der Waals surface area contributed by atoms with Gasteiger partial charge in [-0.1, -0.05) is 34.1 Å². The van der Waals surface area contributed by atoms with Crippen LogP contribution < -0.4 is 5.32 Å². The molecule has 1 unspecified atom stereocenters. The molecule has 1 atom stereocenters. The van der Waals surface area contributed by atoms with Crippen molar-refractivity contribution in [3.8, 4) is 0 Å². The molecule has 0 spiro atoms. The Morgan fingerprint density at radius 3 is 2.50 bits per heavy atom. The normalized spacial score (nSPS) is 22.5. The highest BCUT2D eigenvalue weighted by molar-refractivity contribution is 4.87. The molecule has 0 saturated carbocycles. The zero-order chi connectivity index (χ0) is 12.0. The van der Waals surface area contributed by atoms with Crippen molar-refractivity contribution in [2.24, 2.45) is 5.41 Å². The molecular weight excluding hydrogens is 196 g/mol. The minimum absolute atomic E-state index is 0.538. The molecule has 0 bridgehead atoms. The van der Waals surface area contributed by atoms with E-state index < -0.39 is 0 Å². The summed E-state index contributed by atoms with van der Waals surface area (Å²) in [6, 6.07) is 0.762. The molecule has 0 aromatic rings. The molecule has 0 radical (unpaired) electrons. The van der Waals surface area contributed by atoms with Gasteiger partial charge in [0.15, 0.2) is 0 Å². The van der Waals surface area contributed by atoms with Gasteiger partial charge in [-0.15, -0.1) is 0 Å². The standard InChI is InChI=1S/C14H30N2/c1-5-7-13(11-15-9-6-2)16-10-8-14(3,4)12-16/h13,15H,5-12H2,1-4H3. The average molecular weight is 226 g/mol. The number of rotatable bonds is 7. The van der Waals surface area contributed by atoms with Crippen LogP contribution >= 0.6 is 0 Å². The molecule has 16 heavy (non-hydrogen) atoms. The molecule has 1 aliphatic heterocycles. The topological polar surface area (TPSA) is 15.3 Å². The molecule has 1 saturated heterocycles. The van der Waals surface area contributed by atoms with E-state index in [9.17, 15) is 0 Å². The second-order valence-electron chi connectivity index (χ2n) is 6.03. The van der Waals surface area contributed by atoms with Gasteiger partial charge in [0, 0.05) is 19.1 Å². The van der Waals surface area contributed by atoms with E-state index in [2.05, 4.69) is 37.9 Å². The van der Waals surface area contributed by atoms with Crippen LogP contribution in [0.5, 0.6) is 0 Å². The summed E-state index contributed by atoms with van der Waals surface area (Å²) in [5, 5.41) is 3.58. The smallest absolute Gasteiger partial charge is 0.0220 e. The Balaban J connectivity index is 2.37. The van der Waals surface area contributed by atoms with Gasteiger partial charge in [-0.2, -0.15) is 0 Å². The highest BCUT2D eigenvalue weighted by atomic mass is 15.2. The van der Waals surface area contributed by atoms with Crippen molar-refractivity contribution in [3.05, 3.63) is 0 Å². The third-order valence-corrected chi connectivity index (χ3v) is 3.65. The lowest BCUT2D eigenvalue weighted by molar-refractivity contribution is 0.201. The van der Waals surface area contributed by atoms with Gasteiger partial charge in [-0.25, -0.2) is 0 Å². The first-order valence-electron chi connectivity index (χ1n) is 7.04. The first-order valence-corrected chi connectivity index (χ1v) is 7.04. The predicted octanol–water partition coefficient (Wildman–Crippen LogP) is 2.89. The molecule has 0 aromatic carbocycles. The summed E-state index contributed by atoms with van der Waals surface area (Å²) < 4.78 is 0. The quantitative estimate of drug-likeness (QED) is 0.672. The van der Waals surface area contributed by atoms with Gasteiger partial charge < -0.3 is 5.32 Å². The van der Waals surface area contributed by atoms with Crippen LogP contribution in [0, 0.1) is 5.41 Å². The maximum atomic E-state index is 3.58. The highest BCUT2D eigenvalue weighted by Gasteiger charge is 2.32. The molecule has 2 heteroatoms. The Hall–Kier alpha value is -0.0800. The molecular formula is C14H30N2. The van der Waals surface area contributed by atoms with E-state index in [4.69, 9.17) is 0 Å². The largest absolute Gasteiger partial charge is 0.315 e. The molecule has 1 heterocycles. The molecule has 0 aliphatic carbocycles. The van der Waals surface area contributed by atoms with Crippen LogP contribution in [-0.2, 0) is 0 Å². The van der Waals surface area contributed by atoms with Crippen LogP contribution in [0.15, 0.2) is 0 Å². The van der Waals surface area contributed by atoms with Gasteiger partial charge in [0.1, 0.15) is 0 Å². The number of hydrogen-bond donors (Lipinski definition) is 1. The SMILES string of the molecule is CCCNCC(CCC)N1CCC(C)(C)C1. The van der Waals surface area contributed by atoms with Crippen LogP contribution in [0.1, 0.15) is 53.4 Å². The van der Waals surface area contributed by atoms with Gasteiger partial charge in [-0.3, -0.25) is 4.90 Å². The molecule has 96 valence electrons. The number of likely N-dealkylation sites (tertiary alicyclic amines) is 1. The van der Waals surface area contributed by atoms with Crippen LogP contribution in [0.2, 0.25) is 0 Å². The molecule has 1 rings (SSSR count). The van der Waals surface area contributed by atoms with Crippen LogP contribution in [0.3, 0.4) is 0 Å². The number of nitrogens with one attached hydrogen (secondary N) is 1. The fourth-order valence-electron chi connectivity index (χ4n) is 2.66. The third-order valence-electron chi connectivity index (χ3n) is 3.65. The Morgan fingerprint density at radius 1 is 1.25 bits per heavy atom. The number of nitrogens with zero attached hydrogens (tertiary/aromatic N) is 1. The first-order chi connectivity index (χ1) is 7.59. The molecule has 1 N–H and O–H groups in total. The Bertz CT molecular complexity index is 189. The highest BCUT2D eigenvalue weighted by Crippen LogP contribution is 2.30. The summed E-state index contributed by atoms with van der Waals surface area (Å²) in [5.74, 6) is 0. The van der Waals surface area contributed by atoms with E-state index in [0.29, 0.717) is 5.41 Å². The van der Waals surface area contributed by atoms with Crippen LogP contribution in [0.4, 0.5) is 0 Å². The molecule has 1 aliphatic rings. The van der Waals surface area contributed by atoms with E-state index in [0.717, 1.165) is 12.6 Å². The zero-order valence-corrected chi connectivity index (χ0v) is 11.7. The fourth-order valence-corrected chi connectivity index (χ4v) is 2.66. The Kier molecular flexibility index (Phi) is 5.77. The van der Waals surface area contributed by atoms with Crippen molar-refractivity contribution in [3.63, 3.8) is 0 Å². The summed E-state index contributed by atoms with van der Waals surface area (Å²) in [6.45, 7) is 14.3. The summed E-state index contributed by atoms with van der Waals surface area (Å²) in [4.78, 5) is 2.70. The van der Waals surface area contributed by atoms with Crippen LogP contribution in [-0.4, -0.2) is 37.1 Å². The van der Waals surface area contributed by atoms with E-state index in [1.54, 1.807) is 0 Å². The van der Waals surface area contributed by atoms with Gasteiger partial charge in [0.25, 0.3) is 0 Å². The van der Waals surface area contributed by atoms with Crippen molar-refractivity contribution in [1.29, 1.82) is 0 Å². The molecule has 0 amide bonds. The van der Waals surface area contributed by atoms with E-state index in [1.807, 2.05) is 0 Å². The summed E-state index contributed by atoms with van der Waals surface area (Å²) in [6.07, 6.45) is 5.24. The van der Waals surface area contributed by atoms with Crippen molar-refractivity contribution >= 4 is 0 Å². The van der Waals surface area contributed by atoms with E-state index >= 15 is 0 Å². The van der Waals surface area contributed by atoms with Crippen LogP contribution in [0.25, 0.3) is 0 Å². The summed E-state index contributed by atoms with van der Waals surface area (Å²) in [5.41, 5.74) is 0.538. The lowest BCUT2D eigenvalue weighted by Crippen LogP contribution is -2.41. The monoisotopic (exact) mass is 226 g/mol. The van der Waals surface area contributed by atoms with E-state index in [1.165, 1.54) is 45.3 Å². The summed E-state index contributed by atoms with van der Waals surface area (Å²) in [7, 11) is 0. The summed E-state index contributed by atoms with van der Waals surface area (Å²) >= 11 is 0. The maximum absolute atomic E-state index is 3.58. The molecule has 1 fully saturated rings. The van der Waals surface area contributed by atoms with Crippen molar-refractivity contribution in [1.82, 2.24) is 10.2 Å². The minimum atomic E-state index is 0.538. The molecule has 2 nitrogen and oxygen atoms in total. The lowest BCUT2D eigenvalue weighted by Gasteiger charge is -2.29. The second-order valence-corrected chi connectivity index (χ2v) is 6.03. The second kappa shape index (κ2) is 6.61. The Labute approximate surface area is 102 Å². The average Bonchev–Trinajstić information content (AvgIpc) is 2.58. The van der Waals surface area contributed by atoms with Gasteiger partial charge in [0.05, 0.1) is 0 Å². The minimum Gasteiger partial charge on any atom is -0.315 e. The van der Waals surface area contributed by atoms with Crippen molar-refractivity contribution in [2.45, 2.75) is 59.4 Å². The Morgan fingerprint density at radius 2 is 2.00 bits per heavy atom. The van der Waals surface area contributed by atoms with Crippen molar-refractivity contribution in [2.75, 3.05) is 26.2 Å². The van der Waals surface area contributed by atoms with E-state index in [-0.39, 0.29) is 0 Å². The fraction of sp³-hybridized carbons (Fsp3) is 1.00. The zero-order valence-electron chi connectivity index (χ0n) is 11.7. The molecule has 0 aromatic heterocycles.